The van der Waals surface area contributed by atoms with Crippen LogP contribution in [0.4, 0.5) is 0 Å². The van der Waals surface area contributed by atoms with Gasteiger partial charge in [-0.25, -0.2) is 0 Å². The second kappa shape index (κ2) is 6.21. The lowest BCUT2D eigenvalue weighted by atomic mass is 9.72. The normalized spacial score (nSPS) is 31.4. The van der Waals surface area contributed by atoms with Crippen LogP contribution in [0.2, 0.25) is 0 Å². The van der Waals surface area contributed by atoms with Crippen molar-refractivity contribution in [2.75, 3.05) is 20.2 Å². The number of rotatable bonds is 4. The minimum Gasteiger partial charge on any atom is -0.375 e. The van der Waals surface area contributed by atoms with Gasteiger partial charge in [-0.2, -0.15) is 0 Å². The molecular formula is C20H26N2O. The number of benzene rings is 1. The van der Waals surface area contributed by atoms with Crippen molar-refractivity contribution in [1.82, 2.24) is 9.88 Å². The zero-order valence-electron chi connectivity index (χ0n) is 14.1. The first-order valence-electron chi connectivity index (χ1n) is 8.92. The molecule has 3 saturated heterocycles. The molecule has 3 heteroatoms. The molecule has 5 rings (SSSR count). The van der Waals surface area contributed by atoms with Crippen LogP contribution in [0.1, 0.15) is 37.9 Å². The molecule has 3 aliphatic rings. The maximum atomic E-state index is 6.04. The van der Waals surface area contributed by atoms with Crippen LogP contribution >= 0.6 is 0 Å². The third-order valence-corrected chi connectivity index (χ3v) is 6.05. The molecule has 0 amide bonds. The van der Waals surface area contributed by atoms with Crippen molar-refractivity contribution in [3.8, 4) is 0 Å². The summed E-state index contributed by atoms with van der Waals surface area (Å²) in [6, 6.07) is 11.1. The Kier molecular flexibility index (Phi) is 4.08. The van der Waals surface area contributed by atoms with Crippen molar-refractivity contribution in [1.29, 1.82) is 0 Å². The van der Waals surface area contributed by atoms with E-state index >= 15 is 0 Å². The molecule has 3 fully saturated rings. The number of hydrogen-bond acceptors (Lipinski definition) is 3. The van der Waals surface area contributed by atoms with Crippen LogP contribution in [0.3, 0.4) is 0 Å². The fourth-order valence-corrected chi connectivity index (χ4v) is 4.81. The van der Waals surface area contributed by atoms with Crippen LogP contribution in [-0.2, 0) is 4.74 Å². The van der Waals surface area contributed by atoms with Crippen molar-refractivity contribution in [3.63, 3.8) is 0 Å². The van der Waals surface area contributed by atoms with Crippen LogP contribution in [0.5, 0.6) is 0 Å². The van der Waals surface area contributed by atoms with Crippen molar-refractivity contribution >= 4 is 10.9 Å². The van der Waals surface area contributed by atoms with E-state index in [1.165, 1.54) is 43.3 Å². The number of ether oxygens (including phenoxy) is 1. The van der Waals surface area contributed by atoms with Crippen LogP contribution < -0.4 is 0 Å². The molecule has 4 heterocycles. The van der Waals surface area contributed by atoms with Crippen LogP contribution in [-0.4, -0.2) is 36.1 Å². The molecule has 1 aromatic heterocycles. The van der Waals surface area contributed by atoms with E-state index in [0.717, 1.165) is 17.4 Å². The zero-order valence-corrected chi connectivity index (χ0v) is 14.1. The van der Waals surface area contributed by atoms with E-state index in [1.807, 2.05) is 13.3 Å². The summed E-state index contributed by atoms with van der Waals surface area (Å²) in [5, 5.41) is 1.23. The van der Waals surface area contributed by atoms with Gasteiger partial charge in [0.05, 0.1) is 11.6 Å². The number of nitrogens with zero attached hydrogens (tertiary/aromatic N) is 2. The van der Waals surface area contributed by atoms with Gasteiger partial charge in [0.1, 0.15) is 0 Å². The number of pyridine rings is 1. The van der Waals surface area contributed by atoms with Gasteiger partial charge in [-0.15, -0.1) is 0 Å². The van der Waals surface area contributed by atoms with Gasteiger partial charge >= 0.3 is 0 Å². The average molecular weight is 310 g/mol. The zero-order chi connectivity index (χ0) is 15.8. The molecule has 0 aliphatic carbocycles. The van der Waals surface area contributed by atoms with Gasteiger partial charge in [0.25, 0.3) is 0 Å². The average Bonchev–Trinajstić information content (AvgIpc) is 2.63. The summed E-state index contributed by atoms with van der Waals surface area (Å²) in [7, 11) is 1.86. The van der Waals surface area contributed by atoms with Gasteiger partial charge in [-0.3, -0.25) is 9.88 Å². The first-order chi connectivity index (χ1) is 11.3. The first-order valence-corrected chi connectivity index (χ1v) is 8.92. The molecule has 122 valence electrons. The molecule has 0 radical (unpaired) electrons. The molecule has 1 aromatic carbocycles. The van der Waals surface area contributed by atoms with E-state index in [4.69, 9.17) is 4.74 Å². The molecule has 0 N–H and O–H groups in total. The summed E-state index contributed by atoms with van der Waals surface area (Å²) in [5.41, 5.74) is 2.36. The summed E-state index contributed by atoms with van der Waals surface area (Å²) in [6.45, 7) is 4.81. The van der Waals surface area contributed by atoms with E-state index in [0.29, 0.717) is 6.04 Å². The number of methoxy groups -OCH3 is 1. The molecule has 0 saturated carbocycles. The van der Waals surface area contributed by atoms with Gasteiger partial charge in [-0.1, -0.05) is 31.5 Å². The third kappa shape index (κ3) is 2.56. The SMILES string of the molecule is CCC1CN2CCC1C[C@H]2[C@H](OC)c1ccnc2ccccc12. The Hall–Kier alpha value is -1.45. The number of aromatic nitrogens is 1. The first kappa shape index (κ1) is 15.1. The Bertz CT molecular complexity index is 681. The predicted octanol–water partition coefficient (Wildman–Crippen LogP) is 4.04. The second-order valence-electron chi connectivity index (χ2n) is 7.09. The van der Waals surface area contributed by atoms with Crippen molar-refractivity contribution in [3.05, 3.63) is 42.1 Å². The molecule has 5 atom stereocenters. The van der Waals surface area contributed by atoms with Crippen LogP contribution in [0.25, 0.3) is 10.9 Å². The van der Waals surface area contributed by atoms with E-state index in [2.05, 4.69) is 47.1 Å². The molecule has 2 bridgehead atoms. The van der Waals surface area contributed by atoms with E-state index in [1.54, 1.807) is 0 Å². The van der Waals surface area contributed by atoms with Gasteiger partial charge in [0.2, 0.25) is 0 Å². The van der Waals surface area contributed by atoms with E-state index in [-0.39, 0.29) is 6.10 Å². The summed E-state index contributed by atoms with van der Waals surface area (Å²) in [4.78, 5) is 7.19. The molecular weight excluding hydrogens is 284 g/mol. The summed E-state index contributed by atoms with van der Waals surface area (Å²) in [6.07, 6.45) is 6.01. The number of hydrogen-bond donors (Lipinski definition) is 0. The maximum Gasteiger partial charge on any atom is 0.0983 e. The molecule has 23 heavy (non-hydrogen) atoms. The van der Waals surface area contributed by atoms with Gasteiger partial charge in [-0.05, 0) is 48.9 Å². The Morgan fingerprint density at radius 2 is 2.17 bits per heavy atom. The Morgan fingerprint density at radius 1 is 1.30 bits per heavy atom. The van der Waals surface area contributed by atoms with Crippen molar-refractivity contribution < 1.29 is 4.74 Å². The van der Waals surface area contributed by atoms with Crippen LogP contribution in [0.15, 0.2) is 36.5 Å². The lowest BCUT2D eigenvalue weighted by Crippen LogP contribution is -2.55. The van der Waals surface area contributed by atoms with Gasteiger partial charge < -0.3 is 4.74 Å². The smallest absolute Gasteiger partial charge is 0.0983 e. The lowest BCUT2D eigenvalue weighted by molar-refractivity contribution is -0.0698. The second-order valence-corrected chi connectivity index (χ2v) is 7.09. The fourth-order valence-electron chi connectivity index (χ4n) is 4.81. The van der Waals surface area contributed by atoms with E-state index < -0.39 is 0 Å². The summed E-state index contributed by atoms with van der Waals surface area (Å²) >= 11 is 0. The number of piperidine rings is 3. The number of para-hydroxylation sites is 1. The predicted molar refractivity (Wildman–Crippen MR) is 93.4 cm³/mol. The quantitative estimate of drug-likeness (QED) is 0.852. The van der Waals surface area contributed by atoms with Crippen molar-refractivity contribution in [2.45, 2.75) is 38.3 Å². The highest BCUT2D eigenvalue weighted by Gasteiger charge is 2.43. The highest BCUT2D eigenvalue weighted by molar-refractivity contribution is 5.82. The highest BCUT2D eigenvalue weighted by atomic mass is 16.5. The lowest BCUT2D eigenvalue weighted by Gasteiger charge is -2.52. The maximum absolute atomic E-state index is 6.04. The van der Waals surface area contributed by atoms with Crippen molar-refractivity contribution in [2.24, 2.45) is 11.8 Å². The monoisotopic (exact) mass is 310 g/mol. The molecule has 3 unspecified atom stereocenters. The Balaban J connectivity index is 1.69. The molecule has 2 aromatic rings. The highest BCUT2D eigenvalue weighted by Crippen LogP contribution is 2.43. The molecule has 0 spiro atoms. The van der Waals surface area contributed by atoms with E-state index in [9.17, 15) is 0 Å². The molecule has 3 aliphatic heterocycles. The van der Waals surface area contributed by atoms with Crippen LogP contribution in [0, 0.1) is 11.8 Å². The topological polar surface area (TPSA) is 25.4 Å². The minimum atomic E-state index is 0.142. The van der Waals surface area contributed by atoms with Gasteiger partial charge in [0.15, 0.2) is 0 Å². The largest absolute Gasteiger partial charge is 0.375 e. The molecule has 3 nitrogen and oxygen atoms in total. The Labute approximate surface area is 138 Å². The third-order valence-electron chi connectivity index (χ3n) is 6.05. The van der Waals surface area contributed by atoms with Gasteiger partial charge in [0, 0.05) is 31.3 Å². The minimum absolute atomic E-state index is 0.142. The summed E-state index contributed by atoms with van der Waals surface area (Å²) in [5.74, 6) is 1.76. The summed E-state index contributed by atoms with van der Waals surface area (Å²) < 4.78 is 6.04. The Morgan fingerprint density at radius 3 is 2.91 bits per heavy atom. The fraction of sp³-hybridized carbons (Fsp3) is 0.550. The number of fused-ring (bicyclic) bond motifs is 4. The standard InChI is InChI=1S/C20H26N2O/c1-3-14-13-22-11-9-15(14)12-19(22)20(23-2)17-8-10-21-18-7-5-4-6-16(17)18/h4-8,10,14-15,19-20H,3,9,11-13H2,1-2H3/t14?,15?,19-,20+/m0/s1.